The SMILES string of the molecule is COCCOCCOc1cc(-c2cc(C)ccc2C)cc(N(C)C)c1. The molecule has 0 fully saturated rings. The van der Waals surface area contributed by atoms with Gasteiger partial charge in [0.1, 0.15) is 12.4 Å². The fraction of sp³-hybridized carbons (Fsp3) is 0.429. The van der Waals surface area contributed by atoms with Crippen molar-refractivity contribution in [1.82, 2.24) is 0 Å². The van der Waals surface area contributed by atoms with Gasteiger partial charge in [0.2, 0.25) is 0 Å². The maximum atomic E-state index is 5.92. The minimum atomic E-state index is 0.521. The maximum Gasteiger partial charge on any atom is 0.122 e. The van der Waals surface area contributed by atoms with Crippen LogP contribution in [0, 0.1) is 13.8 Å². The molecule has 0 N–H and O–H groups in total. The van der Waals surface area contributed by atoms with Gasteiger partial charge in [-0.25, -0.2) is 0 Å². The summed E-state index contributed by atoms with van der Waals surface area (Å²) in [5.41, 5.74) is 6.04. The van der Waals surface area contributed by atoms with Crippen molar-refractivity contribution in [3.8, 4) is 16.9 Å². The molecule has 0 aliphatic rings. The molecule has 0 saturated carbocycles. The Morgan fingerprint density at radius 2 is 1.64 bits per heavy atom. The molecule has 2 aromatic carbocycles. The predicted octanol–water partition coefficient (Wildman–Crippen LogP) is 4.08. The minimum absolute atomic E-state index is 0.521. The molecule has 0 radical (unpaired) electrons. The molecule has 0 saturated heterocycles. The third kappa shape index (κ3) is 5.76. The van der Waals surface area contributed by atoms with Crippen molar-refractivity contribution in [1.29, 1.82) is 0 Å². The van der Waals surface area contributed by atoms with E-state index in [0.717, 1.165) is 11.4 Å². The number of rotatable bonds is 9. The number of hydrogen-bond acceptors (Lipinski definition) is 4. The highest BCUT2D eigenvalue weighted by Gasteiger charge is 2.08. The van der Waals surface area contributed by atoms with Crippen molar-refractivity contribution in [2.75, 3.05) is 52.5 Å². The molecule has 2 rings (SSSR count). The van der Waals surface area contributed by atoms with Crippen LogP contribution in [0.25, 0.3) is 11.1 Å². The standard InChI is InChI=1S/C21H29NO3/c1-16-6-7-17(2)21(12-16)18-13-19(22(3)4)15-20(14-18)25-11-10-24-9-8-23-5/h6-7,12-15H,8-11H2,1-5H3. The third-order valence-corrected chi connectivity index (χ3v) is 4.04. The van der Waals surface area contributed by atoms with E-state index in [-0.39, 0.29) is 0 Å². The summed E-state index contributed by atoms with van der Waals surface area (Å²) >= 11 is 0. The van der Waals surface area contributed by atoms with Gasteiger partial charge >= 0.3 is 0 Å². The van der Waals surface area contributed by atoms with Gasteiger partial charge in [-0.15, -0.1) is 0 Å². The van der Waals surface area contributed by atoms with Gasteiger partial charge in [-0.1, -0.05) is 23.8 Å². The van der Waals surface area contributed by atoms with Crippen LogP contribution in [-0.4, -0.2) is 47.6 Å². The van der Waals surface area contributed by atoms with Crippen LogP contribution in [0.15, 0.2) is 36.4 Å². The van der Waals surface area contributed by atoms with Gasteiger partial charge in [-0.05, 0) is 42.7 Å². The minimum Gasteiger partial charge on any atom is -0.491 e. The first kappa shape index (κ1) is 19.3. The number of benzene rings is 2. The molecule has 25 heavy (non-hydrogen) atoms. The summed E-state index contributed by atoms with van der Waals surface area (Å²) in [7, 11) is 5.75. The Balaban J connectivity index is 2.17. The lowest BCUT2D eigenvalue weighted by atomic mass is 9.97. The number of methoxy groups -OCH3 is 1. The van der Waals surface area contributed by atoms with Crippen LogP contribution in [0.1, 0.15) is 11.1 Å². The fourth-order valence-electron chi connectivity index (χ4n) is 2.59. The lowest BCUT2D eigenvalue weighted by Gasteiger charge is -2.18. The molecule has 0 aliphatic heterocycles. The second-order valence-corrected chi connectivity index (χ2v) is 6.38. The van der Waals surface area contributed by atoms with Crippen LogP contribution in [0.4, 0.5) is 5.69 Å². The van der Waals surface area contributed by atoms with Crippen LogP contribution >= 0.6 is 0 Å². The fourth-order valence-corrected chi connectivity index (χ4v) is 2.59. The molecule has 0 spiro atoms. The molecule has 0 aliphatic carbocycles. The summed E-state index contributed by atoms with van der Waals surface area (Å²) in [6.07, 6.45) is 0. The lowest BCUT2D eigenvalue weighted by molar-refractivity contribution is 0.0544. The number of aryl methyl sites for hydroxylation is 2. The average Bonchev–Trinajstić information content (AvgIpc) is 2.59. The highest BCUT2D eigenvalue weighted by atomic mass is 16.5. The Bertz CT molecular complexity index is 683. The first-order valence-corrected chi connectivity index (χ1v) is 8.61. The largest absolute Gasteiger partial charge is 0.491 e. The van der Waals surface area contributed by atoms with E-state index >= 15 is 0 Å². The molecule has 136 valence electrons. The van der Waals surface area contributed by atoms with Gasteiger partial charge in [0.15, 0.2) is 0 Å². The van der Waals surface area contributed by atoms with Crippen molar-refractivity contribution in [3.05, 3.63) is 47.5 Å². The van der Waals surface area contributed by atoms with Gasteiger partial charge in [-0.2, -0.15) is 0 Å². The number of ether oxygens (including phenoxy) is 3. The highest BCUT2D eigenvalue weighted by molar-refractivity contribution is 5.73. The summed E-state index contributed by atoms with van der Waals surface area (Å²) in [6, 6.07) is 12.9. The Morgan fingerprint density at radius 3 is 2.36 bits per heavy atom. The van der Waals surface area contributed by atoms with Gasteiger partial charge in [0, 0.05) is 33.0 Å². The smallest absolute Gasteiger partial charge is 0.122 e. The number of anilines is 1. The monoisotopic (exact) mass is 343 g/mol. The van der Waals surface area contributed by atoms with Gasteiger partial charge in [-0.3, -0.25) is 0 Å². The molecular weight excluding hydrogens is 314 g/mol. The van der Waals surface area contributed by atoms with Crippen LogP contribution in [-0.2, 0) is 9.47 Å². The zero-order valence-corrected chi connectivity index (χ0v) is 16.0. The van der Waals surface area contributed by atoms with Crippen LogP contribution < -0.4 is 9.64 Å². The molecular formula is C21H29NO3. The van der Waals surface area contributed by atoms with Crippen LogP contribution in [0.5, 0.6) is 5.75 Å². The van der Waals surface area contributed by atoms with Gasteiger partial charge in [0.25, 0.3) is 0 Å². The van der Waals surface area contributed by atoms with E-state index in [4.69, 9.17) is 14.2 Å². The van der Waals surface area contributed by atoms with Gasteiger partial charge < -0.3 is 19.1 Å². The Morgan fingerprint density at radius 1 is 0.880 bits per heavy atom. The normalized spacial score (nSPS) is 10.8. The molecule has 0 bridgehead atoms. The van der Waals surface area contributed by atoms with Gasteiger partial charge in [0.05, 0.1) is 19.8 Å². The van der Waals surface area contributed by atoms with Crippen molar-refractivity contribution in [2.45, 2.75) is 13.8 Å². The summed E-state index contributed by atoms with van der Waals surface area (Å²) < 4.78 is 16.3. The Hall–Kier alpha value is -2.04. The zero-order valence-electron chi connectivity index (χ0n) is 16.0. The van der Waals surface area contributed by atoms with Crippen LogP contribution in [0.3, 0.4) is 0 Å². The first-order valence-electron chi connectivity index (χ1n) is 8.61. The maximum absolute atomic E-state index is 5.92. The summed E-state index contributed by atoms with van der Waals surface area (Å²) in [5, 5.41) is 0. The zero-order chi connectivity index (χ0) is 18.2. The molecule has 0 unspecified atom stereocenters. The van der Waals surface area contributed by atoms with Crippen LogP contribution in [0.2, 0.25) is 0 Å². The van der Waals surface area contributed by atoms with E-state index in [1.807, 2.05) is 14.1 Å². The van der Waals surface area contributed by atoms with E-state index in [9.17, 15) is 0 Å². The average molecular weight is 343 g/mol. The molecule has 2 aromatic rings. The highest BCUT2D eigenvalue weighted by Crippen LogP contribution is 2.32. The third-order valence-electron chi connectivity index (χ3n) is 4.04. The summed E-state index contributed by atoms with van der Waals surface area (Å²) in [4.78, 5) is 2.09. The first-order chi connectivity index (χ1) is 12.0. The summed E-state index contributed by atoms with van der Waals surface area (Å²) in [5.74, 6) is 0.859. The molecule has 4 nitrogen and oxygen atoms in total. The molecule has 0 aromatic heterocycles. The quantitative estimate of drug-likeness (QED) is 0.642. The van der Waals surface area contributed by atoms with E-state index in [0.29, 0.717) is 26.4 Å². The second kappa shape index (κ2) is 9.44. The molecule has 0 amide bonds. The summed E-state index contributed by atoms with van der Waals surface area (Å²) in [6.45, 7) is 6.52. The predicted molar refractivity (Wildman–Crippen MR) is 104 cm³/mol. The molecule has 4 heteroatoms. The van der Waals surface area contributed by atoms with E-state index in [1.165, 1.54) is 22.3 Å². The number of hydrogen-bond donors (Lipinski definition) is 0. The van der Waals surface area contributed by atoms with Crippen molar-refractivity contribution in [2.24, 2.45) is 0 Å². The Kier molecular flexibility index (Phi) is 7.29. The molecule has 0 atom stereocenters. The Labute approximate surface area is 151 Å². The van der Waals surface area contributed by atoms with E-state index < -0.39 is 0 Å². The van der Waals surface area contributed by atoms with E-state index in [2.05, 4.69) is 55.1 Å². The molecule has 0 heterocycles. The second-order valence-electron chi connectivity index (χ2n) is 6.38. The lowest BCUT2D eigenvalue weighted by Crippen LogP contribution is -2.11. The number of nitrogens with zero attached hydrogens (tertiary/aromatic N) is 1. The van der Waals surface area contributed by atoms with Crippen molar-refractivity contribution >= 4 is 5.69 Å². The van der Waals surface area contributed by atoms with E-state index in [1.54, 1.807) is 7.11 Å². The van der Waals surface area contributed by atoms with Crippen molar-refractivity contribution in [3.63, 3.8) is 0 Å². The van der Waals surface area contributed by atoms with Crippen molar-refractivity contribution < 1.29 is 14.2 Å². The topological polar surface area (TPSA) is 30.9 Å².